The van der Waals surface area contributed by atoms with Gasteiger partial charge in [-0.2, -0.15) is 0 Å². The second kappa shape index (κ2) is 8.08. The Kier molecular flexibility index (Phi) is 6.12. The minimum Gasteiger partial charge on any atom is -0.376 e. The molecule has 1 aliphatic rings. The summed E-state index contributed by atoms with van der Waals surface area (Å²) in [5, 5.41) is 0. The average molecular weight is 305 g/mol. The first kappa shape index (κ1) is 16.7. The monoisotopic (exact) mass is 305 g/mol. The molecule has 1 fully saturated rings. The second-order valence-corrected chi connectivity index (χ2v) is 5.27. The van der Waals surface area contributed by atoms with Crippen LogP contribution in [0.15, 0.2) is 36.4 Å². The zero-order valence-corrected chi connectivity index (χ0v) is 13.3. The van der Waals surface area contributed by atoms with Gasteiger partial charge in [-0.3, -0.25) is 4.79 Å². The van der Waals surface area contributed by atoms with Crippen LogP contribution in [-0.2, 0) is 19.0 Å². The van der Waals surface area contributed by atoms with Gasteiger partial charge in [-0.25, -0.2) is 0 Å². The first-order valence-corrected chi connectivity index (χ1v) is 7.30. The van der Waals surface area contributed by atoms with Gasteiger partial charge in [-0.15, -0.1) is 0 Å². The summed E-state index contributed by atoms with van der Waals surface area (Å²) < 4.78 is 16.4. The molecule has 0 unspecified atom stereocenters. The third kappa shape index (κ3) is 3.94. The molecule has 1 aromatic rings. The third-order valence-corrected chi connectivity index (χ3v) is 3.95. The molecule has 0 spiro atoms. The molecule has 1 aliphatic heterocycles. The molecule has 1 heterocycles. The Balaban J connectivity index is 2.04. The molecule has 0 N–H and O–H groups in total. The van der Waals surface area contributed by atoms with Crippen LogP contribution in [0.4, 0.5) is 0 Å². The highest BCUT2D eigenvalue weighted by atomic mass is 16.6. The number of methoxy groups -OCH3 is 2. The van der Waals surface area contributed by atoms with Crippen LogP contribution >= 0.6 is 0 Å². The average Bonchev–Trinajstić information content (AvgIpc) is 2.59. The van der Waals surface area contributed by atoms with Crippen molar-refractivity contribution in [1.82, 2.24) is 4.90 Å². The van der Waals surface area contributed by atoms with Crippen LogP contribution in [-0.4, -0.2) is 63.5 Å². The number of nitrogens with zero attached hydrogens (tertiary/aromatic N) is 1. The molecule has 3 atom stereocenters. The van der Waals surface area contributed by atoms with E-state index in [2.05, 4.69) is 0 Å². The third-order valence-electron chi connectivity index (χ3n) is 3.95. The fraction of sp³-hybridized carbons (Fsp3) is 0.471. The first-order valence-electron chi connectivity index (χ1n) is 7.30. The van der Waals surface area contributed by atoms with E-state index >= 15 is 0 Å². The molecule has 5 heteroatoms. The van der Waals surface area contributed by atoms with Crippen molar-refractivity contribution in [3.8, 4) is 0 Å². The van der Waals surface area contributed by atoms with Gasteiger partial charge in [0.25, 0.3) is 0 Å². The van der Waals surface area contributed by atoms with E-state index < -0.39 is 0 Å². The van der Waals surface area contributed by atoms with Crippen LogP contribution < -0.4 is 0 Å². The Morgan fingerprint density at radius 3 is 2.59 bits per heavy atom. The predicted octanol–water partition coefficient (Wildman–Crippen LogP) is 1.59. The summed E-state index contributed by atoms with van der Waals surface area (Å²) in [6.07, 6.45) is 3.01. The van der Waals surface area contributed by atoms with Crippen molar-refractivity contribution in [2.24, 2.45) is 0 Å². The Labute approximate surface area is 131 Å². The normalized spacial score (nSPS) is 25.3. The standard InChI is InChI=1S/C17H23NO4/c1-18(14-11-22-12-15(20-2)17(14)21-3)16(19)10-9-13-7-5-4-6-8-13/h4-10,14-15,17H,11-12H2,1-3H3/b10-9+/t14-,15-,17+/m1/s1. The van der Waals surface area contributed by atoms with E-state index in [9.17, 15) is 4.79 Å². The van der Waals surface area contributed by atoms with Crippen LogP contribution in [0.1, 0.15) is 5.56 Å². The molecule has 1 aromatic carbocycles. The molecule has 0 radical (unpaired) electrons. The van der Waals surface area contributed by atoms with Crippen LogP contribution in [0.5, 0.6) is 0 Å². The molecule has 1 amide bonds. The molecule has 0 aromatic heterocycles. The number of likely N-dealkylation sites (N-methyl/N-ethyl adjacent to an activating group) is 1. The van der Waals surface area contributed by atoms with Crippen LogP contribution in [0.3, 0.4) is 0 Å². The maximum Gasteiger partial charge on any atom is 0.246 e. The van der Waals surface area contributed by atoms with Crippen molar-refractivity contribution in [3.63, 3.8) is 0 Å². The van der Waals surface area contributed by atoms with Gasteiger partial charge in [0.1, 0.15) is 12.2 Å². The van der Waals surface area contributed by atoms with Gasteiger partial charge in [-0.05, 0) is 11.6 Å². The molecule has 22 heavy (non-hydrogen) atoms. The van der Waals surface area contributed by atoms with Gasteiger partial charge in [0.2, 0.25) is 5.91 Å². The van der Waals surface area contributed by atoms with E-state index in [1.807, 2.05) is 30.3 Å². The van der Waals surface area contributed by atoms with E-state index in [-0.39, 0.29) is 24.2 Å². The summed E-state index contributed by atoms with van der Waals surface area (Å²) in [5.41, 5.74) is 0.988. The fourth-order valence-electron chi connectivity index (χ4n) is 2.60. The lowest BCUT2D eigenvalue weighted by molar-refractivity contribution is -0.161. The largest absolute Gasteiger partial charge is 0.376 e. The van der Waals surface area contributed by atoms with Crippen molar-refractivity contribution >= 4 is 12.0 Å². The molecule has 2 rings (SSSR count). The molecular formula is C17H23NO4. The Hall–Kier alpha value is -1.69. The summed E-state index contributed by atoms with van der Waals surface area (Å²) in [6.45, 7) is 0.924. The van der Waals surface area contributed by atoms with Crippen molar-refractivity contribution in [2.75, 3.05) is 34.5 Å². The van der Waals surface area contributed by atoms with Gasteiger partial charge in [-0.1, -0.05) is 30.3 Å². The highest BCUT2D eigenvalue weighted by Crippen LogP contribution is 2.19. The highest BCUT2D eigenvalue weighted by Gasteiger charge is 2.38. The Morgan fingerprint density at radius 2 is 1.95 bits per heavy atom. The zero-order chi connectivity index (χ0) is 15.9. The minimum atomic E-state index is -0.196. The van der Waals surface area contributed by atoms with Crippen LogP contribution in [0, 0.1) is 0 Å². The molecule has 120 valence electrons. The Bertz CT molecular complexity index is 503. The van der Waals surface area contributed by atoms with Gasteiger partial charge in [0.05, 0.1) is 19.3 Å². The number of carbonyl (C=O) groups excluding carboxylic acids is 1. The lowest BCUT2D eigenvalue weighted by atomic mass is 10.0. The smallest absolute Gasteiger partial charge is 0.246 e. The van der Waals surface area contributed by atoms with Crippen LogP contribution in [0.2, 0.25) is 0 Å². The molecular weight excluding hydrogens is 282 g/mol. The lowest BCUT2D eigenvalue weighted by Gasteiger charge is -2.40. The van der Waals surface area contributed by atoms with Crippen molar-refractivity contribution in [3.05, 3.63) is 42.0 Å². The lowest BCUT2D eigenvalue weighted by Crippen LogP contribution is -2.57. The number of benzene rings is 1. The highest BCUT2D eigenvalue weighted by molar-refractivity contribution is 5.91. The fourth-order valence-corrected chi connectivity index (χ4v) is 2.60. The summed E-state index contributed by atoms with van der Waals surface area (Å²) in [5.74, 6) is -0.0868. The molecule has 0 aliphatic carbocycles. The minimum absolute atomic E-state index is 0.0868. The number of hydrogen-bond acceptors (Lipinski definition) is 4. The first-order chi connectivity index (χ1) is 10.7. The molecule has 0 saturated carbocycles. The van der Waals surface area contributed by atoms with E-state index in [0.29, 0.717) is 13.2 Å². The van der Waals surface area contributed by atoms with Gasteiger partial charge >= 0.3 is 0 Å². The Morgan fingerprint density at radius 1 is 1.23 bits per heavy atom. The van der Waals surface area contributed by atoms with Crippen molar-refractivity contribution < 1.29 is 19.0 Å². The summed E-state index contributed by atoms with van der Waals surface area (Å²) in [6, 6.07) is 9.55. The predicted molar refractivity (Wildman–Crippen MR) is 84.4 cm³/mol. The number of carbonyl (C=O) groups is 1. The summed E-state index contributed by atoms with van der Waals surface area (Å²) >= 11 is 0. The SMILES string of the molecule is CO[C@H]1[C@H](N(C)C(=O)/C=C/c2ccccc2)COC[C@H]1OC. The quantitative estimate of drug-likeness (QED) is 0.775. The van der Waals surface area contributed by atoms with Crippen molar-refractivity contribution in [1.29, 1.82) is 0 Å². The maximum atomic E-state index is 12.4. The summed E-state index contributed by atoms with van der Waals surface area (Å²) in [4.78, 5) is 14.0. The van der Waals surface area contributed by atoms with Crippen molar-refractivity contribution in [2.45, 2.75) is 18.2 Å². The zero-order valence-electron chi connectivity index (χ0n) is 13.3. The maximum absolute atomic E-state index is 12.4. The number of amides is 1. The van der Waals surface area contributed by atoms with E-state index in [1.165, 1.54) is 0 Å². The van der Waals surface area contributed by atoms with E-state index in [1.54, 1.807) is 38.3 Å². The molecule has 1 saturated heterocycles. The topological polar surface area (TPSA) is 48.0 Å². The molecule has 0 bridgehead atoms. The van der Waals surface area contributed by atoms with Crippen LogP contribution in [0.25, 0.3) is 6.08 Å². The van der Waals surface area contributed by atoms with Gasteiger partial charge in [0.15, 0.2) is 0 Å². The van der Waals surface area contributed by atoms with E-state index in [4.69, 9.17) is 14.2 Å². The van der Waals surface area contributed by atoms with E-state index in [0.717, 1.165) is 5.56 Å². The molecule has 5 nitrogen and oxygen atoms in total. The number of hydrogen-bond donors (Lipinski definition) is 0. The second-order valence-electron chi connectivity index (χ2n) is 5.27. The number of ether oxygens (including phenoxy) is 3. The number of rotatable bonds is 5. The van der Waals surface area contributed by atoms with Gasteiger partial charge in [0, 0.05) is 27.3 Å². The van der Waals surface area contributed by atoms with Gasteiger partial charge < -0.3 is 19.1 Å². The summed E-state index contributed by atoms with van der Waals surface area (Å²) in [7, 11) is 5.02.